The Labute approximate surface area is 186 Å². The second kappa shape index (κ2) is 10.6. The Balaban J connectivity index is 1.54. The van der Waals surface area contributed by atoms with Crippen LogP contribution in [0, 0.1) is 5.92 Å². The molecule has 2 heterocycles. The Morgan fingerprint density at radius 3 is 2.65 bits per heavy atom. The number of ether oxygens (including phenoxy) is 2. The van der Waals surface area contributed by atoms with Crippen LogP contribution in [0.15, 0.2) is 30.2 Å². The summed E-state index contributed by atoms with van der Waals surface area (Å²) in [6, 6.07) is 5.35. The monoisotopic (exact) mass is 452 g/mol. The average Bonchev–Trinajstić information content (AvgIpc) is 2.72. The van der Waals surface area contributed by atoms with Crippen LogP contribution in [0.2, 0.25) is 5.02 Å². The van der Waals surface area contributed by atoms with Gasteiger partial charge in [0.25, 0.3) is 5.91 Å². The minimum absolute atomic E-state index is 0.122. The van der Waals surface area contributed by atoms with E-state index >= 15 is 0 Å². The zero-order valence-electron chi connectivity index (χ0n) is 17.5. The van der Waals surface area contributed by atoms with Gasteiger partial charge in [0.1, 0.15) is 18.2 Å². The lowest BCUT2D eigenvalue weighted by Gasteiger charge is -2.36. The van der Waals surface area contributed by atoms with Gasteiger partial charge < -0.3 is 35.6 Å². The summed E-state index contributed by atoms with van der Waals surface area (Å²) in [5, 5.41) is 6.21. The summed E-state index contributed by atoms with van der Waals surface area (Å²) in [4.78, 5) is 28.3. The van der Waals surface area contributed by atoms with Crippen molar-refractivity contribution in [3.63, 3.8) is 0 Å². The quantitative estimate of drug-likeness (QED) is 0.272. The molecule has 2 fully saturated rings. The summed E-state index contributed by atoms with van der Waals surface area (Å²) < 4.78 is 10.4. The van der Waals surface area contributed by atoms with Crippen LogP contribution in [0.4, 0.5) is 16.2 Å². The van der Waals surface area contributed by atoms with E-state index < -0.39 is 12.1 Å². The van der Waals surface area contributed by atoms with Gasteiger partial charge in [-0.05, 0) is 25.1 Å². The van der Waals surface area contributed by atoms with Gasteiger partial charge in [-0.3, -0.25) is 10.5 Å². The molecule has 0 saturated carbocycles. The first-order chi connectivity index (χ1) is 14.8. The number of hydrogen-bond donors (Lipinski definition) is 4. The van der Waals surface area contributed by atoms with Crippen molar-refractivity contribution in [2.45, 2.75) is 13.2 Å². The third-order valence-electron chi connectivity index (χ3n) is 5.08. The van der Waals surface area contributed by atoms with Crippen LogP contribution in [0.1, 0.15) is 6.92 Å². The number of carbonyl (C=O) groups is 2. The molecular weight excluding hydrogens is 424 g/mol. The number of carbonyl (C=O) groups excluding carboxylic acids is 2. The van der Waals surface area contributed by atoms with E-state index in [1.807, 2.05) is 6.07 Å². The molecule has 0 aliphatic carbocycles. The van der Waals surface area contributed by atoms with Gasteiger partial charge in [0, 0.05) is 50.9 Å². The Kier molecular flexibility index (Phi) is 7.83. The highest BCUT2D eigenvalue weighted by atomic mass is 35.5. The van der Waals surface area contributed by atoms with Crippen molar-refractivity contribution in [1.29, 1.82) is 0 Å². The van der Waals surface area contributed by atoms with Crippen LogP contribution < -0.4 is 27.0 Å². The van der Waals surface area contributed by atoms with E-state index in [4.69, 9.17) is 32.5 Å². The van der Waals surface area contributed by atoms with Gasteiger partial charge in [0.05, 0.1) is 17.3 Å². The molecule has 10 nitrogen and oxygen atoms in total. The average molecular weight is 453 g/mol. The van der Waals surface area contributed by atoms with E-state index in [1.165, 1.54) is 0 Å². The number of nitrogens with two attached hydrogens (primary N) is 2. The summed E-state index contributed by atoms with van der Waals surface area (Å²) in [6.45, 7) is 6.26. The van der Waals surface area contributed by atoms with Crippen LogP contribution in [-0.2, 0) is 14.3 Å². The molecule has 0 bridgehead atoms. The van der Waals surface area contributed by atoms with Gasteiger partial charge in [-0.15, -0.1) is 0 Å². The Bertz CT molecular complexity index is 822. The SMILES string of the molecule is CC(N)O/C=C(\N)C(=O)Nc1cc(N2CCN(C(=O)OCC3CNC3)CC2)ccc1Cl. The van der Waals surface area contributed by atoms with E-state index in [-0.39, 0.29) is 11.8 Å². The van der Waals surface area contributed by atoms with Gasteiger partial charge in [-0.1, -0.05) is 11.6 Å². The molecule has 1 aromatic rings. The minimum atomic E-state index is -0.579. The highest BCUT2D eigenvalue weighted by Crippen LogP contribution is 2.28. The van der Waals surface area contributed by atoms with Crippen molar-refractivity contribution in [2.24, 2.45) is 17.4 Å². The minimum Gasteiger partial charge on any atom is -0.481 e. The van der Waals surface area contributed by atoms with Gasteiger partial charge in [-0.25, -0.2) is 4.79 Å². The molecule has 1 unspecified atom stereocenters. The summed E-state index contributed by atoms with van der Waals surface area (Å²) in [6.07, 6.45) is 0.258. The predicted molar refractivity (Wildman–Crippen MR) is 119 cm³/mol. The highest BCUT2D eigenvalue weighted by Gasteiger charge is 2.25. The fourth-order valence-electron chi connectivity index (χ4n) is 3.13. The number of piperazine rings is 1. The third-order valence-corrected chi connectivity index (χ3v) is 5.41. The molecule has 170 valence electrons. The largest absolute Gasteiger partial charge is 0.481 e. The zero-order valence-corrected chi connectivity index (χ0v) is 18.2. The first-order valence-corrected chi connectivity index (χ1v) is 10.6. The number of nitrogens with zero attached hydrogens (tertiary/aromatic N) is 2. The molecule has 2 aliphatic rings. The molecule has 6 N–H and O–H groups in total. The summed E-state index contributed by atoms with van der Waals surface area (Å²) in [5.74, 6) is -0.129. The maximum Gasteiger partial charge on any atom is 0.409 e. The van der Waals surface area contributed by atoms with Crippen LogP contribution in [0.25, 0.3) is 0 Å². The van der Waals surface area contributed by atoms with E-state index in [9.17, 15) is 9.59 Å². The summed E-state index contributed by atoms with van der Waals surface area (Å²) in [7, 11) is 0. The Morgan fingerprint density at radius 1 is 1.32 bits per heavy atom. The first-order valence-electron chi connectivity index (χ1n) is 10.2. The standard InChI is InChI=1S/C20H29ClN6O4/c1-13(22)30-12-17(23)19(28)25-18-8-15(2-3-16(18)21)26-4-6-27(7-5-26)20(29)31-11-14-9-24-10-14/h2-3,8,12-14,24H,4-7,9-11,22-23H2,1H3,(H,25,28)/b17-12-. The Hall–Kier alpha value is -2.69. The van der Waals surface area contributed by atoms with Gasteiger partial charge in [-0.2, -0.15) is 0 Å². The number of amides is 2. The summed E-state index contributed by atoms with van der Waals surface area (Å²) in [5.41, 5.74) is 12.4. The Morgan fingerprint density at radius 2 is 2.03 bits per heavy atom. The van der Waals surface area contributed by atoms with Gasteiger partial charge in [0.15, 0.2) is 0 Å². The molecule has 2 saturated heterocycles. The van der Waals surface area contributed by atoms with Crippen molar-refractivity contribution in [1.82, 2.24) is 10.2 Å². The van der Waals surface area contributed by atoms with Crippen LogP contribution in [-0.4, -0.2) is 69.0 Å². The topological polar surface area (TPSA) is 135 Å². The maximum absolute atomic E-state index is 12.3. The number of halogens is 1. The lowest BCUT2D eigenvalue weighted by molar-refractivity contribution is -0.113. The van der Waals surface area contributed by atoms with E-state index in [0.29, 0.717) is 49.4 Å². The first kappa shape index (κ1) is 23.0. The maximum atomic E-state index is 12.3. The predicted octanol–water partition coefficient (Wildman–Crippen LogP) is 0.878. The number of benzene rings is 1. The molecule has 3 rings (SSSR count). The van der Waals surface area contributed by atoms with E-state index in [1.54, 1.807) is 24.0 Å². The van der Waals surface area contributed by atoms with Crippen molar-refractivity contribution < 1.29 is 19.1 Å². The van der Waals surface area contributed by atoms with Crippen LogP contribution >= 0.6 is 11.6 Å². The normalized spacial score (nSPS) is 18.2. The van der Waals surface area contributed by atoms with Crippen LogP contribution in [0.3, 0.4) is 0 Å². The number of nitrogens with one attached hydrogen (secondary N) is 2. The molecule has 2 aliphatic heterocycles. The van der Waals surface area contributed by atoms with E-state index in [2.05, 4.69) is 15.5 Å². The van der Waals surface area contributed by atoms with Gasteiger partial charge >= 0.3 is 6.09 Å². The lowest BCUT2D eigenvalue weighted by Crippen LogP contribution is -2.50. The molecule has 0 aromatic heterocycles. The fourth-order valence-corrected chi connectivity index (χ4v) is 3.29. The molecule has 0 radical (unpaired) electrons. The zero-order chi connectivity index (χ0) is 22.4. The number of anilines is 2. The van der Waals surface area contributed by atoms with Crippen molar-refractivity contribution in [2.75, 3.05) is 56.1 Å². The summed E-state index contributed by atoms with van der Waals surface area (Å²) >= 11 is 6.23. The number of rotatable bonds is 7. The highest BCUT2D eigenvalue weighted by molar-refractivity contribution is 6.34. The smallest absolute Gasteiger partial charge is 0.409 e. The molecule has 31 heavy (non-hydrogen) atoms. The van der Waals surface area contributed by atoms with Crippen molar-refractivity contribution in [3.8, 4) is 0 Å². The molecule has 0 spiro atoms. The fraction of sp³-hybridized carbons (Fsp3) is 0.500. The lowest BCUT2D eigenvalue weighted by atomic mass is 10.1. The van der Waals surface area contributed by atoms with Gasteiger partial charge in [0.2, 0.25) is 0 Å². The second-order valence-corrected chi connectivity index (χ2v) is 8.02. The van der Waals surface area contributed by atoms with Crippen molar-refractivity contribution >= 4 is 35.0 Å². The molecule has 11 heteroatoms. The van der Waals surface area contributed by atoms with Crippen LogP contribution in [0.5, 0.6) is 0 Å². The molecule has 1 aromatic carbocycles. The molecule has 2 amide bonds. The van der Waals surface area contributed by atoms with Crippen molar-refractivity contribution in [3.05, 3.63) is 35.2 Å². The third kappa shape index (κ3) is 6.39. The molecule has 1 atom stereocenters. The number of hydrogen-bond acceptors (Lipinski definition) is 8. The second-order valence-electron chi connectivity index (χ2n) is 7.61. The molecular formula is C20H29ClN6O4. The van der Waals surface area contributed by atoms with E-state index in [0.717, 1.165) is 25.0 Å².